The summed E-state index contributed by atoms with van der Waals surface area (Å²) in [5, 5.41) is 9.81. The average Bonchev–Trinajstić information content (AvgIpc) is 2.81. The zero-order valence-corrected chi connectivity index (χ0v) is 22.1. The van der Waals surface area contributed by atoms with Crippen molar-refractivity contribution in [2.45, 2.75) is 57.7 Å². The molecule has 35 heavy (non-hydrogen) atoms. The minimum absolute atomic E-state index is 0.109. The number of likely N-dealkylation sites (N-methyl/N-ethyl adjacent to an activating group) is 1. The Morgan fingerprint density at radius 3 is 2.60 bits per heavy atom. The van der Waals surface area contributed by atoms with Gasteiger partial charge in [-0.3, -0.25) is 9.88 Å². The lowest BCUT2D eigenvalue weighted by Gasteiger charge is -2.37. The quantitative estimate of drug-likeness (QED) is 0.588. The number of pyridine rings is 1. The van der Waals surface area contributed by atoms with Crippen molar-refractivity contribution in [1.29, 1.82) is 0 Å². The third kappa shape index (κ3) is 7.05. The lowest BCUT2D eigenvalue weighted by Crippen LogP contribution is -2.49. The molecule has 2 aromatic rings. The Kier molecular flexibility index (Phi) is 9.31. The second-order valence-electron chi connectivity index (χ2n) is 9.85. The van der Waals surface area contributed by atoms with E-state index >= 15 is 0 Å². The molecule has 0 unspecified atom stereocenters. The lowest BCUT2D eigenvalue weighted by molar-refractivity contribution is 0.0733. The highest BCUT2D eigenvalue weighted by Gasteiger charge is 2.38. The molecule has 0 radical (unpaired) electrons. The summed E-state index contributed by atoms with van der Waals surface area (Å²) in [6.45, 7) is 9.26. The number of nitrogens with zero attached hydrogens (tertiary/aromatic N) is 3. The summed E-state index contributed by atoms with van der Waals surface area (Å²) in [6, 6.07) is 8.45. The first-order valence-corrected chi connectivity index (χ1v) is 13.6. The zero-order valence-electron chi connectivity index (χ0n) is 21.3. The van der Waals surface area contributed by atoms with E-state index in [2.05, 4.69) is 35.6 Å². The van der Waals surface area contributed by atoms with Gasteiger partial charge in [-0.25, -0.2) is 8.42 Å². The van der Waals surface area contributed by atoms with Gasteiger partial charge in [0.1, 0.15) is 16.7 Å². The highest BCUT2D eigenvalue weighted by Crippen LogP contribution is 2.34. The van der Waals surface area contributed by atoms with E-state index in [1.54, 1.807) is 37.5 Å². The summed E-state index contributed by atoms with van der Waals surface area (Å²) in [5.74, 6) is 6.96. The molecular formula is C27H37N3O4S. The number of aliphatic hydroxyl groups excluding tert-OH is 1. The van der Waals surface area contributed by atoms with E-state index in [0.717, 1.165) is 24.1 Å². The number of hydrogen-bond donors (Lipinski definition) is 1. The molecule has 0 amide bonds. The summed E-state index contributed by atoms with van der Waals surface area (Å²) < 4.78 is 35.0. The highest BCUT2D eigenvalue weighted by molar-refractivity contribution is 7.89. The Bertz CT molecular complexity index is 1140. The highest BCUT2D eigenvalue weighted by atomic mass is 32.2. The molecule has 0 bridgehead atoms. The zero-order chi connectivity index (χ0) is 25.6. The Labute approximate surface area is 210 Å². The van der Waals surface area contributed by atoms with Gasteiger partial charge in [0.25, 0.3) is 0 Å². The number of rotatable bonds is 7. The van der Waals surface area contributed by atoms with Gasteiger partial charge in [-0.1, -0.05) is 32.6 Å². The van der Waals surface area contributed by atoms with Crippen molar-refractivity contribution in [2.75, 3.05) is 26.7 Å². The van der Waals surface area contributed by atoms with Gasteiger partial charge in [0.05, 0.1) is 6.61 Å². The Morgan fingerprint density at radius 2 is 1.94 bits per heavy atom. The molecule has 0 fully saturated rings. The molecule has 0 aliphatic carbocycles. The fourth-order valence-electron chi connectivity index (χ4n) is 4.05. The normalized spacial score (nSPS) is 20.8. The van der Waals surface area contributed by atoms with Crippen molar-refractivity contribution in [3.8, 4) is 17.6 Å². The third-order valence-electron chi connectivity index (χ3n) is 6.10. The molecule has 1 N–H and O–H groups in total. The maximum absolute atomic E-state index is 13.6. The first kappa shape index (κ1) is 27.2. The van der Waals surface area contributed by atoms with Gasteiger partial charge in [0, 0.05) is 56.0 Å². The van der Waals surface area contributed by atoms with E-state index in [4.69, 9.17) is 4.74 Å². The van der Waals surface area contributed by atoms with Crippen LogP contribution < -0.4 is 4.74 Å². The molecule has 0 saturated heterocycles. The number of sulfonamides is 1. The second kappa shape index (κ2) is 12.0. The van der Waals surface area contributed by atoms with Gasteiger partial charge in [0.2, 0.25) is 10.0 Å². The maximum atomic E-state index is 13.6. The molecule has 0 saturated carbocycles. The summed E-state index contributed by atoms with van der Waals surface area (Å²) in [4.78, 5) is 6.35. The topological polar surface area (TPSA) is 83.0 Å². The van der Waals surface area contributed by atoms with Gasteiger partial charge in [-0.15, -0.1) is 0 Å². The summed E-state index contributed by atoms with van der Waals surface area (Å²) in [6.07, 6.45) is 4.05. The van der Waals surface area contributed by atoms with Crippen LogP contribution in [0, 0.1) is 23.7 Å². The van der Waals surface area contributed by atoms with Crippen LogP contribution in [-0.4, -0.2) is 66.6 Å². The van der Waals surface area contributed by atoms with Crippen LogP contribution >= 0.6 is 0 Å². The molecule has 2 heterocycles. The van der Waals surface area contributed by atoms with Crippen LogP contribution in [0.5, 0.6) is 5.75 Å². The lowest BCUT2D eigenvalue weighted by atomic mass is 10.0. The number of aliphatic hydroxyl groups is 1. The first-order valence-electron chi connectivity index (χ1n) is 12.1. The predicted molar refractivity (Wildman–Crippen MR) is 137 cm³/mol. The van der Waals surface area contributed by atoms with Crippen LogP contribution in [0.2, 0.25) is 0 Å². The molecule has 3 rings (SSSR count). The number of hydrogen-bond acceptors (Lipinski definition) is 6. The molecule has 3 atom stereocenters. The van der Waals surface area contributed by atoms with E-state index in [1.165, 1.54) is 4.31 Å². The van der Waals surface area contributed by atoms with Crippen LogP contribution in [-0.2, 0) is 16.6 Å². The molecule has 7 nitrogen and oxygen atoms in total. The van der Waals surface area contributed by atoms with Crippen molar-refractivity contribution in [2.24, 2.45) is 11.8 Å². The maximum Gasteiger partial charge on any atom is 0.247 e. The predicted octanol–water partition coefficient (Wildman–Crippen LogP) is 3.38. The van der Waals surface area contributed by atoms with Crippen molar-refractivity contribution in [3.05, 3.63) is 53.9 Å². The van der Waals surface area contributed by atoms with Crippen molar-refractivity contribution < 1.29 is 18.3 Å². The summed E-state index contributed by atoms with van der Waals surface area (Å²) in [5.41, 5.74) is 1.86. The molecule has 1 aromatic carbocycles. The van der Waals surface area contributed by atoms with Crippen molar-refractivity contribution in [1.82, 2.24) is 14.2 Å². The van der Waals surface area contributed by atoms with Crippen LogP contribution in [0.15, 0.2) is 47.6 Å². The second-order valence-corrected chi connectivity index (χ2v) is 11.7. The largest absolute Gasteiger partial charge is 0.487 e. The number of benzene rings is 1. The minimum atomic E-state index is -3.86. The Hall–Kier alpha value is -2.44. The van der Waals surface area contributed by atoms with Gasteiger partial charge >= 0.3 is 0 Å². The molecule has 190 valence electrons. The number of fused-ring (bicyclic) bond motifs is 1. The monoisotopic (exact) mass is 499 g/mol. The molecule has 1 aliphatic rings. The molecule has 1 aromatic heterocycles. The van der Waals surface area contributed by atoms with E-state index in [1.807, 2.05) is 26.1 Å². The molecule has 8 heteroatoms. The van der Waals surface area contributed by atoms with Gasteiger partial charge in [-0.2, -0.15) is 4.31 Å². The van der Waals surface area contributed by atoms with Gasteiger partial charge in [-0.05, 0) is 55.8 Å². The van der Waals surface area contributed by atoms with Gasteiger partial charge < -0.3 is 9.84 Å². The van der Waals surface area contributed by atoms with Crippen molar-refractivity contribution >= 4 is 10.0 Å². The summed E-state index contributed by atoms with van der Waals surface area (Å²) >= 11 is 0. The standard InChI is InChI=1S/C27H37N3O4S/c1-20(2)7-6-8-23-9-10-27-25(15-23)34-26(18-29(5)17-24-11-13-28-14-12-24)21(3)16-30(22(4)19-31)35(27,32)33/h9-15,20-22,26,31H,7,16-19H2,1-5H3/t21-,22-,26-/m1/s1. The van der Waals surface area contributed by atoms with Crippen LogP contribution in [0.1, 0.15) is 45.2 Å². The van der Waals surface area contributed by atoms with Crippen LogP contribution in [0.3, 0.4) is 0 Å². The van der Waals surface area contributed by atoms with E-state index in [9.17, 15) is 13.5 Å². The van der Waals surface area contributed by atoms with Gasteiger partial charge in [0.15, 0.2) is 0 Å². The fourth-order valence-corrected chi connectivity index (χ4v) is 5.88. The average molecular weight is 500 g/mol. The smallest absolute Gasteiger partial charge is 0.247 e. The SMILES string of the molecule is CC(C)CC#Cc1ccc2c(c1)O[C@H](CN(C)Cc1ccncc1)[C@H](C)CN([C@H](C)CO)S2(=O)=O. The van der Waals surface area contributed by atoms with Crippen molar-refractivity contribution in [3.63, 3.8) is 0 Å². The van der Waals surface area contributed by atoms with E-state index in [0.29, 0.717) is 18.2 Å². The summed E-state index contributed by atoms with van der Waals surface area (Å²) in [7, 11) is -1.84. The van der Waals surface area contributed by atoms with E-state index < -0.39 is 16.1 Å². The van der Waals surface area contributed by atoms with Crippen LogP contribution in [0.4, 0.5) is 0 Å². The molecule has 1 aliphatic heterocycles. The fraction of sp³-hybridized carbons (Fsp3) is 0.519. The Morgan fingerprint density at radius 1 is 1.23 bits per heavy atom. The number of ether oxygens (including phenoxy) is 1. The third-order valence-corrected chi connectivity index (χ3v) is 8.12. The van der Waals surface area contributed by atoms with Crippen LogP contribution in [0.25, 0.3) is 0 Å². The first-order chi connectivity index (χ1) is 16.6. The minimum Gasteiger partial charge on any atom is -0.487 e. The van der Waals surface area contributed by atoms with E-state index in [-0.39, 0.29) is 30.1 Å². The number of aromatic nitrogens is 1. The molecule has 0 spiro atoms. The molecular weight excluding hydrogens is 462 g/mol. The Balaban J connectivity index is 1.97.